The molecule has 0 aliphatic rings. The third-order valence-electron chi connectivity index (χ3n) is 3.63. The standard InChI is InChI=1S/C17H28O2/c1-5-7-8-15(6-2)12-19-17-10-9-13(3)11-16(17)14(4)18/h9-11,14-15,18H,5-8,12H2,1-4H3/t14-,15?/m0/s1. The maximum Gasteiger partial charge on any atom is 0.125 e. The number of ether oxygens (including phenoxy) is 1. The monoisotopic (exact) mass is 264 g/mol. The van der Waals surface area contributed by atoms with Crippen molar-refractivity contribution in [1.82, 2.24) is 0 Å². The molecule has 1 aromatic carbocycles. The van der Waals surface area contributed by atoms with Crippen molar-refractivity contribution < 1.29 is 9.84 Å². The molecular formula is C17H28O2. The fraction of sp³-hybridized carbons (Fsp3) is 0.647. The van der Waals surface area contributed by atoms with Gasteiger partial charge in [-0.05, 0) is 38.3 Å². The van der Waals surface area contributed by atoms with Crippen molar-refractivity contribution >= 4 is 0 Å². The highest BCUT2D eigenvalue weighted by atomic mass is 16.5. The second-order valence-corrected chi connectivity index (χ2v) is 5.44. The molecule has 0 aliphatic heterocycles. The van der Waals surface area contributed by atoms with E-state index in [-0.39, 0.29) is 0 Å². The van der Waals surface area contributed by atoms with Gasteiger partial charge in [0.25, 0.3) is 0 Å². The highest BCUT2D eigenvalue weighted by Gasteiger charge is 2.12. The van der Waals surface area contributed by atoms with Crippen molar-refractivity contribution in [2.75, 3.05) is 6.61 Å². The Morgan fingerprint density at radius 3 is 2.58 bits per heavy atom. The summed E-state index contributed by atoms with van der Waals surface area (Å²) < 4.78 is 5.94. The van der Waals surface area contributed by atoms with Gasteiger partial charge in [0.2, 0.25) is 0 Å². The molecular weight excluding hydrogens is 236 g/mol. The molecule has 0 bridgehead atoms. The van der Waals surface area contributed by atoms with E-state index in [9.17, 15) is 5.11 Å². The summed E-state index contributed by atoms with van der Waals surface area (Å²) in [6, 6.07) is 6.02. The SMILES string of the molecule is CCCCC(CC)COc1ccc(C)cc1[C@H](C)O. The number of aryl methyl sites for hydroxylation is 1. The van der Waals surface area contributed by atoms with Gasteiger partial charge in [0, 0.05) is 5.56 Å². The molecule has 0 aliphatic carbocycles. The van der Waals surface area contributed by atoms with Crippen molar-refractivity contribution in [2.45, 2.75) is 59.5 Å². The van der Waals surface area contributed by atoms with Gasteiger partial charge in [0.05, 0.1) is 12.7 Å². The highest BCUT2D eigenvalue weighted by molar-refractivity contribution is 5.38. The normalized spacial score (nSPS) is 14.2. The van der Waals surface area contributed by atoms with E-state index in [1.54, 1.807) is 6.92 Å². The molecule has 2 atom stereocenters. The minimum atomic E-state index is -0.481. The number of hydrogen-bond acceptors (Lipinski definition) is 2. The number of benzene rings is 1. The molecule has 0 radical (unpaired) electrons. The van der Waals surface area contributed by atoms with Crippen molar-refractivity contribution in [3.63, 3.8) is 0 Å². The van der Waals surface area contributed by atoms with Crippen LogP contribution < -0.4 is 4.74 Å². The van der Waals surface area contributed by atoms with Gasteiger partial charge < -0.3 is 9.84 Å². The Kier molecular flexibility index (Phi) is 6.93. The lowest BCUT2D eigenvalue weighted by Gasteiger charge is -2.19. The molecule has 1 aromatic rings. The van der Waals surface area contributed by atoms with Crippen molar-refractivity contribution in [3.8, 4) is 5.75 Å². The van der Waals surface area contributed by atoms with Gasteiger partial charge >= 0.3 is 0 Å². The molecule has 2 heteroatoms. The molecule has 1 unspecified atom stereocenters. The summed E-state index contributed by atoms with van der Waals surface area (Å²) >= 11 is 0. The Bertz CT molecular complexity index is 372. The lowest BCUT2D eigenvalue weighted by molar-refractivity contribution is 0.183. The molecule has 0 spiro atoms. The second-order valence-electron chi connectivity index (χ2n) is 5.44. The number of aliphatic hydroxyl groups is 1. The zero-order chi connectivity index (χ0) is 14.3. The predicted molar refractivity (Wildman–Crippen MR) is 80.6 cm³/mol. The Morgan fingerprint density at radius 1 is 1.26 bits per heavy atom. The molecule has 108 valence electrons. The smallest absolute Gasteiger partial charge is 0.125 e. The van der Waals surface area contributed by atoms with Crippen LogP contribution in [0.25, 0.3) is 0 Å². The van der Waals surface area contributed by atoms with Gasteiger partial charge in [-0.1, -0.05) is 44.7 Å². The number of aliphatic hydroxyl groups excluding tert-OH is 1. The minimum Gasteiger partial charge on any atom is -0.493 e. The molecule has 0 aromatic heterocycles. The summed E-state index contributed by atoms with van der Waals surface area (Å²) in [5.41, 5.74) is 2.05. The number of unbranched alkanes of at least 4 members (excludes halogenated alkanes) is 1. The maximum absolute atomic E-state index is 9.81. The van der Waals surface area contributed by atoms with Gasteiger partial charge in [0.15, 0.2) is 0 Å². The van der Waals surface area contributed by atoms with E-state index < -0.39 is 6.10 Å². The fourth-order valence-electron chi connectivity index (χ4n) is 2.23. The van der Waals surface area contributed by atoms with Crippen LogP contribution in [0, 0.1) is 12.8 Å². The van der Waals surface area contributed by atoms with E-state index in [0.717, 1.165) is 29.9 Å². The molecule has 0 fully saturated rings. The van der Waals surface area contributed by atoms with Crippen LogP contribution in [0.1, 0.15) is 63.7 Å². The van der Waals surface area contributed by atoms with Gasteiger partial charge in [0.1, 0.15) is 5.75 Å². The second kappa shape index (κ2) is 8.21. The summed E-state index contributed by atoms with van der Waals surface area (Å²) in [7, 11) is 0. The maximum atomic E-state index is 9.81. The van der Waals surface area contributed by atoms with Crippen LogP contribution in [0.3, 0.4) is 0 Å². The van der Waals surface area contributed by atoms with E-state index in [0.29, 0.717) is 5.92 Å². The Balaban J connectivity index is 2.65. The van der Waals surface area contributed by atoms with Gasteiger partial charge in [-0.3, -0.25) is 0 Å². The van der Waals surface area contributed by atoms with Gasteiger partial charge in [-0.15, -0.1) is 0 Å². The average Bonchev–Trinajstić information content (AvgIpc) is 2.40. The largest absolute Gasteiger partial charge is 0.493 e. The lowest BCUT2D eigenvalue weighted by atomic mass is 10.0. The van der Waals surface area contributed by atoms with Crippen LogP contribution in [0.2, 0.25) is 0 Å². The van der Waals surface area contributed by atoms with E-state index in [2.05, 4.69) is 13.8 Å². The van der Waals surface area contributed by atoms with E-state index in [1.807, 2.05) is 25.1 Å². The first-order valence-electron chi connectivity index (χ1n) is 7.49. The Labute approximate surface area is 117 Å². The molecule has 0 saturated heterocycles. The van der Waals surface area contributed by atoms with Crippen LogP contribution in [0.15, 0.2) is 18.2 Å². The van der Waals surface area contributed by atoms with E-state index in [1.165, 1.54) is 19.3 Å². The zero-order valence-electron chi connectivity index (χ0n) is 12.8. The van der Waals surface area contributed by atoms with Crippen LogP contribution in [-0.4, -0.2) is 11.7 Å². The van der Waals surface area contributed by atoms with Crippen molar-refractivity contribution in [1.29, 1.82) is 0 Å². The van der Waals surface area contributed by atoms with Crippen molar-refractivity contribution in [2.24, 2.45) is 5.92 Å². The predicted octanol–water partition coefficient (Wildman–Crippen LogP) is 4.64. The summed E-state index contributed by atoms with van der Waals surface area (Å²) in [6.07, 6.45) is 4.39. The number of hydrogen-bond donors (Lipinski definition) is 1. The van der Waals surface area contributed by atoms with Crippen LogP contribution in [0.4, 0.5) is 0 Å². The Morgan fingerprint density at radius 2 is 2.00 bits per heavy atom. The molecule has 0 heterocycles. The van der Waals surface area contributed by atoms with E-state index in [4.69, 9.17) is 4.74 Å². The third-order valence-corrected chi connectivity index (χ3v) is 3.63. The first kappa shape index (κ1) is 16.0. The van der Waals surface area contributed by atoms with Gasteiger partial charge in [-0.2, -0.15) is 0 Å². The molecule has 2 nitrogen and oxygen atoms in total. The third kappa shape index (κ3) is 5.23. The van der Waals surface area contributed by atoms with Gasteiger partial charge in [-0.25, -0.2) is 0 Å². The van der Waals surface area contributed by atoms with Crippen molar-refractivity contribution in [3.05, 3.63) is 29.3 Å². The van der Waals surface area contributed by atoms with E-state index >= 15 is 0 Å². The topological polar surface area (TPSA) is 29.5 Å². The van der Waals surface area contributed by atoms with Crippen LogP contribution in [0.5, 0.6) is 5.75 Å². The first-order chi connectivity index (χ1) is 9.08. The average molecular weight is 264 g/mol. The molecule has 19 heavy (non-hydrogen) atoms. The molecule has 1 rings (SSSR count). The highest BCUT2D eigenvalue weighted by Crippen LogP contribution is 2.27. The number of rotatable bonds is 8. The lowest BCUT2D eigenvalue weighted by Crippen LogP contribution is -2.12. The summed E-state index contributed by atoms with van der Waals surface area (Å²) in [5.74, 6) is 1.44. The fourth-order valence-corrected chi connectivity index (χ4v) is 2.23. The minimum absolute atomic E-state index is 0.481. The molecule has 0 saturated carbocycles. The van der Waals surface area contributed by atoms with Crippen LogP contribution >= 0.6 is 0 Å². The summed E-state index contributed by atoms with van der Waals surface area (Å²) in [4.78, 5) is 0. The molecule has 1 N–H and O–H groups in total. The molecule has 0 amide bonds. The Hall–Kier alpha value is -1.02. The summed E-state index contributed by atoms with van der Waals surface area (Å²) in [6.45, 7) is 9.01. The zero-order valence-corrected chi connectivity index (χ0v) is 12.8. The van der Waals surface area contributed by atoms with Crippen LogP contribution in [-0.2, 0) is 0 Å². The quantitative estimate of drug-likeness (QED) is 0.741. The first-order valence-corrected chi connectivity index (χ1v) is 7.49. The summed E-state index contributed by atoms with van der Waals surface area (Å²) in [5, 5.41) is 9.81.